The van der Waals surface area contributed by atoms with Gasteiger partial charge in [0.05, 0.1) is 11.4 Å². The van der Waals surface area contributed by atoms with Crippen molar-refractivity contribution in [3.63, 3.8) is 0 Å². The van der Waals surface area contributed by atoms with E-state index in [1.54, 1.807) is 18.2 Å². The first kappa shape index (κ1) is 16.1. The van der Waals surface area contributed by atoms with E-state index >= 15 is 0 Å². The fourth-order valence-electron chi connectivity index (χ4n) is 3.43. The van der Waals surface area contributed by atoms with E-state index in [1.165, 1.54) is 6.07 Å². The largest absolute Gasteiger partial charge is 0.435 e. The van der Waals surface area contributed by atoms with E-state index in [-0.39, 0.29) is 11.7 Å². The molecule has 0 bridgehead atoms. The number of nitrogens with zero attached hydrogens (tertiary/aromatic N) is 3. The second-order valence-corrected chi connectivity index (χ2v) is 6.70. The molecule has 2 unspecified atom stereocenters. The molecule has 0 aliphatic heterocycles. The van der Waals surface area contributed by atoms with Crippen molar-refractivity contribution in [2.24, 2.45) is 5.18 Å². The predicted octanol–water partition coefficient (Wildman–Crippen LogP) is 5.04. The van der Waals surface area contributed by atoms with Gasteiger partial charge in [-0.15, -0.1) is 0 Å². The summed E-state index contributed by atoms with van der Waals surface area (Å²) in [5.41, 5.74) is 2.65. The Balaban J connectivity index is 1.91. The van der Waals surface area contributed by atoms with Crippen LogP contribution in [0.3, 0.4) is 0 Å². The number of pyridine rings is 1. The van der Waals surface area contributed by atoms with Gasteiger partial charge in [-0.1, -0.05) is 23.4 Å². The van der Waals surface area contributed by atoms with Gasteiger partial charge in [0, 0.05) is 22.2 Å². The molecule has 0 amide bonds. The van der Waals surface area contributed by atoms with Gasteiger partial charge in [0.25, 0.3) is 0 Å². The van der Waals surface area contributed by atoms with Gasteiger partial charge >= 0.3 is 6.61 Å². The number of rotatable bonds is 4. The molecule has 0 radical (unpaired) electrons. The van der Waals surface area contributed by atoms with Gasteiger partial charge in [0.15, 0.2) is 0 Å². The van der Waals surface area contributed by atoms with E-state index in [2.05, 4.69) is 30.8 Å². The number of nitroso groups, excluding NO2 is 1. The van der Waals surface area contributed by atoms with E-state index in [0.29, 0.717) is 23.3 Å². The highest BCUT2D eigenvalue weighted by atomic mass is 79.9. The lowest BCUT2D eigenvalue weighted by Crippen LogP contribution is -2.08. The molecule has 25 heavy (non-hydrogen) atoms. The van der Waals surface area contributed by atoms with Crippen LogP contribution in [0.25, 0.3) is 5.65 Å². The van der Waals surface area contributed by atoms with Crippen molar-refractivity contribution in [3.05, 3.63) is 68.9 Å². The second kappa shape index (κ2) is 6.18. The monoisotopic (exact) mass is 407 g/mol. The van der Waals surface area contributed by atoms with Crippen LogP contribution in [0.2, 0.25) is 0 Å². The van der Waals surface area contributed by atoms with Crippen LogP contribution in [0, 0.1) is 4.91 Å². The van der Waals surface area contributed by atoms with E-state index in [1.807, 2.05) is 22.7 Å². The molecule has 5 nitrogen and oxygen atoms in total. The number of ether oxygens (including phenoxy) is 1. The summed E-state index contributed by atoms with van der Waals surface area (Å²) < 4.78 is 32.9. The molecule has 4 rings (SSSR count). The van der Waals surface area contributed by atoms with Crippen LogP contribution in [0.1, 0.15) is 35.3 Å². The third kappa shape index (κ3) is 2.70. The zero-order valence-corrected chi connectivity index (χ0v) is 14.4. The third-order valence-electron chi connectivity index (χ3n) is 4.39. The minimum Gasteiger partial charge on any atom is -0.435 e. The van der Waals surface area contributed by atoms with Gasteiger partial charge in [0.2, 0.25) is 0 Å². The quantitative estimate of drug-likeness (QED) is 0.569. The molecular formula is C17H12BrF2N3O2. The van der Waals surface area contributed by atoms with Crippen LogP contribution >= 0.6 is 15.9 Å². The van der Waals surface area contributed by atoms with Gasteiger partial charge < -0.3 is 9.14 Å². The van der Waals surface area contributed by atoms with Crippen molar-refractivity contribution in [3.8, 4) is 5.75 Å². The number of hydrogen-bond acceptors (Lipinski definition) is 4. The smallest absolute Gasteiger partial charge is 0.387 e. The van der Waals surface area contributed by atoms with Gasteiger partial charge in [0.1, 0.15) is 17.4 Å². The number of imidazole rings is 1. The first-order chi connectivity index (χ1) is 12.1. The van der Waals surface area contributed by atoms with E-state index in [0.717, 1.165) is 10.2 Å². The highest BCUT2D eigenvalue weighted by molar-refractivity contribution is 9.10. The average Bonchev–Trinajstić information content (AvgIpc) is 3.12. The Morgan fingerprint density at radius 2 is 2.08 bits per heavy atom. The number of fused-ring (bicyclic) bond motifs is 3. The lowest BCUT2D eigenvalue weighted by molar-refractivity contribution is -0.0505. The van der Waals surface area contributed by atoms with Crippen molar-refractivity contribution in [2.75, 3.05) is 0 Å². The lowest BCUT2D eigenvalue weighted by Gasteiger charge is -2.17. The number of hydrogen-bond donors (Lipinski definition) is 0. The maximum Gasteiger partial charge on any atom is 0.387 e. The third-order valence-corrected chi connectivity index (χ3v) is 4.86. The normalized spacial score (nSPS) is 19.4. The van der Waals surface area contributed by atoms with Crippen LogP contribution in [0.4, 0.5) is 8.78 Å². The molecule has 128 valence electrons. The Morgan fingerprint density at radius 1 is 1.28 bits per heavy atom. The Morgan fingerprint density at radius 3 is 2.84 bits per heavy atom. The standard InChI is InChI=1S/C17H12BrF2N3O2/c18-9-5-6-14-21-15-12(22-24)7-11(16(15)23(14)8-9)10-3-1-2-4-13(10)25-17(19)20/h1-6,8,11-12,17H,7H2. The minimum absolute atomic E-state index is 0.102. The van der Waals surface area contributed by atoms with E-state index in [9.17, 15) is 13.7 Å². The van der Waals surface area contributed by atoms with E-state index in [4.69, 9.17) is 0 Å². The fraction of sp³-hybridized carbons (Fsp3) is 0.235. The lowest BCUT2D eigenvalue weighted by atomic mass is 9.95. The van der Waals surface area contributed by atoms with Gasteiger partial charge in [-0.3, -0.25) is 0 Å². The molecule has 1 aromatic carbocycles. The van der Waals surface area contributed by atoms with Gasteiger partial charge in [-0.05, 0) is 40.5 Å². The molecule has 0 N–H and O–H groups in total. The molecule has 2 heterocycles. The molecule has 0 spiro atoms. The number of halogens is 3. The average molecular weight is 408 g/mol. The summed E-state index contributed by atoms with van der Waals surface area (Å²) in [6.07, 6.45) is 2.22. The van der Waals surface area contributed by atoms with Crippen LogP contribution < -0.4 is 4.74 Å². The van der Waals surface area contributed by atoms with Crippen molar-refractivity contribution >= 4 is 21.6 Å². The molecule has 1 aliphatic rings. The first-order valence-electron chi connectivity index (χ1n) is 7.62. The Hall–Kier alpha value is -2.35. The molecule has 8 heteroatoms. The predicted molar refractivity (Wildman–Crippen MR) is 91.0 cm³/mol. The van der Waals surface area contributed by atoms with Crippen LogP contribution in [-0.4, -0.2) is 16.0 Å². The topological polar surface area (TPSA) is 56.0 Å². The Bertz CT molecular complexity index is 960. The van der Waals surface area contributed by atoms with Crippen molar-refractivity contribution in [2.45, 2.75) is 25.0 Å². The highest BCUT2D eigenvalue weighted by Gasteiger charge is 2.39. The zero-order chi connectivity index (χ0) is 17.6. The zero-order valence-electron chi connectivity index (χ0n) is 12.8. The van der Waals surface area contributed by atoms with Crippen molar-refractivity contribution in [1.82, 2.24) is 9.38 Å². The van der Waals surface area contributed by atoms with Gasteiger partial charge in [-0.25, -0.2) is 4.98 Å². The first-order valence-corrected chi connectivity index (χ1v) is 8.41. The molecule has 0 fully saturated rings. The summed E-state index contributed by atoms with van der Waals surface area (Å²) in [6, 6.07) is 9.69. The summed E-state index contributed by atoms with van der Waals surface area (Å²) in [5.74, 6) is -0.207. The molecule has 1 aliphatic carbocycles. The maximum absolute atomic E-state index is 12.8. The van der Waals surface area contributed by atoms with Crippen LogP contribution in [0.15, 0.2) is 52.2 Å². The number of benzene rings is 1. The second-order valence-electron chi connectivity index (χ2n) is 5.78. The summed E-state index contributed by atoms with van der Waals surface area (Å²) in [4.78, 5) is 15.8. The summed E-state index contributed by atoms with van der Waals surface area (Å²) >= 11 is 3.42. The number of para-hydroxylation sites is 1. The van der Waals surface area contributed by atoms with Crippen LogP contribution in [0.5, 0.6) is 5.75 Å². The molecule has 2 aromatic heterocycles. The number of alkyl halides is 2. The summed E-state index contributed by atoms with van der Waals surface area (Å²) in [7, 11) is 0. The molecule has 3 aromatic rings. The molecule has 0 saturated carbocycles. The molecular weight excluding hydrogens is 396 g/mol. The van der Waals surface area contributed by atoms with Crippen LogP contribution in [-0.2, 0) is 0 Å². The van der Waals surface area contributed by atoms with E-state index < -0.39 is 12.7 Å². The summed E-state index contributed by atoms with van der Waals surface area (Å²) in [6.45, 7) is -2.92. The minimum atomic E-state index is -2.92. The SMILES string of the molecule is O=NC1CC(c2ccccc2OC(F)F)c2c1nc1ccc(Br)cn21. The van der Waals surface area contributed by atoms with Crippen molar-refractivity contribution < 1.29 is 13.5 Å². The maximum atomic E-state index is 12.8. The molecule has 2 atom stereocenters. The highest BCUT2D eigenvalue weighted by Crippen LogP contribution is 2.48. The number of aromatic nitrogens is 2. The van der Waals surface area contributed by atoms with Gasteiger partial charge in [-0.2, -0.15) is 13.7 Å². The Labute approximate surface area is 149 Å². The fourth-order valence-corrected chi connectivity index (χ4v) is 3.77. The summed E-state index contributed by atoms with van der Waals surface area (Å²) in [5, 5.41) is 3.19. The molecule has 0 saturated heterocycles. The van der Waals surface area contributed by atoms with Crippen molar-refractivity contribution in [1.29, 1.82) is 0 Å². The Kier molecular flexibility index (Phi) is 3.99.